The van der Waals surface area contributed by atoms with Crippen LogP contribution in [0.15, 0.2) is 12.4 Å². The van der Waals surface area contributed by atoms with Crippen LogP contribution in [0.1, 0.15) is 6.92 Å². The number of hydrogen-bond donors (Lipinski definition) is 1. The molecule has 16 heavy (non-hydrogen) atoms. The summed E-state index contributed by atoms with van der Waals surface area (Å²) < 4.78 is 1.68. The Bertz CT molecular complexity index is 452. The molecule has 2 heterocycles. The highest BCUT2D eigenvalue weighted by Crippen LogP contribution is 2.09. The molecule has 0 atom stereocenters. The molecular formula is C9H15N7. The molecular weight excluding hydrogens is 206 g/mol. The average molecular weight is 221 g/mol. The van der Waals surface area contributed by atoms with Gasteiger partial charge < -0.3 is 10.2 Å². The minimum atomic E-state index is 0.660. The molecule has 2 rings (SSSR count). The number of anilines is 1. The Morgan fingerprint density at radius 1 is 1.44 bits per heavy atom. The van der Waals surface area contributed by atoms with Crippen LogP contribution < -0.4 is 10.2 Å². The zero-order valence-electron chi connectivity index (χ0n) is 9.46. The summed E-state index contributed by atoms with van der Waals surface area (Å²) in [5.74, 6) is 0.889. The zero-order chi connectivity index (χ0) is 11.4. The van der Waals surface area contributed by atoms with Crippen LogP contribution in [-0.4, -0.2) is 51.7 Å². The highest BCUT2D eigenvalue weighted by molar-refractivity contribution is 5.45. The molecule has 0 radical (unpaired) electrons. The van der Waals surface area contributed by atoms with E-state index in [1.165, 1.54) is 0 Å². The summed E-state index contributed by atoms with van der Waals surface area (Å²) in [6, 6.07) is 0. The number of nitrogens with zero attached hydrogens (tertiary/aromatic N) is 6. The van der Waals surface area contributed by atoms with Crippen molar-refractivity contribution in [3.05, 3.63) is 12.4 Å². The summed E-state index contributed by atoms with van der Waals surface area (Å²) in [7, 11) is 2.00. The number of hydrogen-bond acceptors (Lipinski definition) is 6. The third-order valence-corrected chi connectivity index (χ3v) is 2.36. The molecule has 1 N–H and O–H groups in total. The van der Waals surface area contributed by atoms with Crippen LogP contribution in [0.2, 0.25) is 0 Å². The Balaban J connectivity index is 2.15. The number of aromatic nitrogens is 5. The molecule has 0 aliphatic carbocycles. The molecule has 0 unspecified atom stereocenters. The number of tetrazole rings is 1. The van der Waals surface area contributed by atoms with Crippen molar-refractivity contribution in [3.8, 4) is 0 Å². The molecule has 0 aliphatic heterocycles. The molecule has 7 nitrogen and oxygen atoms in total. The lowest BCUT2D eigenvalue weighted by Gasteiger charge is -2.18. The van der Waals surface area contributed by atoms with Gasteiger partial charge in [0, 0.05) is 20.1 Å². The largest absolute Gasteiger partial charge is 0.357 e. The van der Waals surface area contributed by atoms with Crippen molar-refractivity contribution < 1.29 is 0 Å². The van der Waals surface area contributed by atoms with E-state index < -0.39 is 0 Å². The summed E-state index contributed by atoms with van der Waals surface area (Å²) in [5.41, 5.74) is 0.660. The van der Waals surface area contributed by atoms with E-state index in [4.69, 9.17) is 0 Å². The van der Waals surface area contributed by atoms with Gasteiger partial charge in [0.15, 0.2) is 11.5 Å². The molecule has 0 saturated heterocycles. The Morgan fingerprint density at radius 2 is 2.31 bits per heavy atom. The lowest BCUT2D eigenvalue weighted by atomic mass is 10.5. The van der Waals surface area contributed by atoms with Crippen molar-refractivity contribution in [1.29, 1.82) is 0 Å². The standard InChI is InChI=1S/C9H15N7/c1-3-10-4-5-15(2)9-7-11-6-8-12-13-14-16(8)9/h6-7,10H,3-5H2,1-2H3. The summed E-state index contributed by atoms with van der Waals surface area (Å²) in [4.78, 5) is 6.18. The van der Waals surface area contributed by atoms with Gasteiger partial charge >= 0.3 is 0 Å². The number of nitrogens with one attached hydrogen (secondary N) is 1. The van der Waals surface area contributed by atoms with Gasteiger partial charge in [-0.25, -0.2) is 0 Å². The number of rotatable bonds is 5. The van der Waals surface area contributed by atoms with E-state index in [0.29, 0.717) is 5.65 Å². The Hall–Kier alpha value is -1.76. The van der Waals surface area contributed by atoms with Gasteiger partial charge in [-0.15, -0.1) is 5.10 Å². The number of likely N-dealkylation sites (N-methyl/N-ethyl adjacent to an activating group) is 2. The second-order valence-corrected chi connectivity index (χ2v) is 3.49. The molecule has 0 fully saturated rings. The van der Waals surface area contributed by atoms with Crippen LogP contribution in [0, 0.1) is 0 Å². The van der Waals surface area contributed by atoms with Gasteiger partial charge in [0.05, 0.1) is 12.4 Å². The summed E-state index contributed by atoms with van der Waals surface area (Å²) in [6.07, 6.45) is 3.40. The van der Waals surface area contributed by atoms with E-state index in [1.807, 2.05) is 7.05 Å². The predicted octanol–water partition coefficient (Wildman–Crippen LogP) is -0.435. The minimum Gasteiger partial charge on any atom is -0.357 e. The van der Waals surface area contributed by atoms with E-state index in [9.17, 15) is 0 Å². The van der Waals surface area contributed by atoms with E-state index in [-0.39, 0.29) is 0 Å². The minimum absolute atomic E-state index is 0.660. The van der Waals surface area contributed by atoms with Crippen molar-refractivity contribution in [1.82, 2.24) is 30.3 Å². The van der Waals surface area contributed by atoms with Crippen molar-refractivity contribution in [3.63, 3.8) is 0 Å². The fourth-order valence-electron chi connectivity index (χ4n) is 1.46. The number of fused-ring (bicyclic) bond motifs is 1. The molecule has 86 valence electrons. The van der Waals surface area contributed by atoms with Gasteiger partial charge in [0.1, 0.15) is 0 Å². The van der Waals surface area contributed by atoms with Crippen LogP contribution in [-0.2, 0) is 0 Å². The lowest BCUT2D eigenvalue weighted by Crippen LogP contribution is -2.30. The summed E-state index contributed by atoms with van der Waals surface area (Å²) in [6.45, 7) is 4.87. The van der Waals surface area contributed by atoms with Crippen LogP contribution in [0.25, 0.3) is 5.65 Å². The summed E-state index contributed by atoms with van der Waals surface area (Å²) in [5, 5.41) is 14.7. The molecule has 0 spiro atoms. The average Bonchev–Trinajstić information content (AvgIpc) is 2.76. The normalized spacial score (nSPS) is 10.9. The van der Waals surface area contributed by atoms with Crippen molar-refractivity contribution >= 4 is 11.5 Å². The van der Waals surface area contributed by atoms with Gasteiger partial charge in [-0.1, -0.05) is 6.92 Å². The third-order valence-electron chi connectivity index (χ3n) is 2.36. The van der Waals surface area contributed by atoms with Crippen LogP contribution in [0.5, 0.6) is 0 Å². The van der Waals surface area contributed by atoms with E-state index in [0.717, 1.165) is 25.5 Å². The Kier molecular flexibility index (Phi) is 3.25. The van der Waals surface area contributed by atoms with Gasteiger partial charge in [-0.05, 0) is 17.0 Å². The SMILES string of the molecule is CCNCCN(C)c1cncc2nnnn12. The van der Waals surface area contributed by atoms with E-state index in [1.54, 1.807) is 16.9 Å². The van der Waals surface area contributed by atoms with Crippen molar-refractivity contribution in [2.75, 3.05) is 31.6 Å². The van der Waals surface area contributed by atoms with Crippen LogP contribution >= 0.6 is 0 Å². The first-order valence-electron chi connectivity index (χ1n) is 5.27. The molecule has 0 aliphatic rings. The van der Waals surface area contributed by atoms with Gasteiger partial charge in [-0.2, -0.15) is 4.52 Å². The maximum Gasteiger partial charge on any atom is 0.199 e. The van der Waals surface area contributed by atoms with Gasteiger partial charge in [-0.3, -0.25) is 4.98 Å². The molecule has 7 heteroatoms. The van der Waals surface area contributed by atoms with Gasteiger partial charge in [0.25, 0.3) is 0 Å². The molecule has 2 aromatic heterocycles. The van der Waals surface area contributed by atoms with E-state index >= 15 is 0 Å². The molecule has 0 aromatic carbocycles. The second kappa shape index (κ2) is 4.84. The second-order valence-electron chi connectivity index (χ2n) is 3.49. The molecule has 0 bridgehead atoms. The van der Waals surface area contributed by atoms with Crippen molar-refractivity contribution in [2.45, 2.75) is 6.92 Å². The topological polar surface area (TPSA) is 71.2 Å². The monoisotopic (exact) mass is 221 g/mol. The predicted molar refractivity (Wildman–Crippen MR) is 60.4 cm³/mol. The molecule has 2 aromatic rings. The fraction of sp³-hybridized carbons (Fsp3) is 0.556. The highest BCUT2D eigenvalue weighted by Gasteiger charge is 2.07. The van der Waals surface area contributed by atoms with Crippen molar-refractivity contribution in [2.24, 2.45) is 0 Å². The molecule has 0 amide bonds. The fourth-order valence-corrected chi connectivity index (χ4v) is 1.46. The highest BCUT2D eigenvalue weighted by atomic mass is 15.5. The summed E-state index contributed by atoms with van der Waals surface area (Å²) >= 11 is 0. The maximum absolute atomic E-state index is 4.11. The Labute approximate surface area is 93.5 Å². The lowest BCUT2D eigenvalue weighted by molar-refractivity contribution is 0.693. The Morgan fingerprint density at radius 3 is 3.12 bits per heavy atom. The smallest absolute Gasteiger partial charge is 0.199 e. The van der Waals surface area contributed by atoms with Crippen LogP contribution in [0.3, 0.4) is 0 Å². The first kappa shape index (κ1) is 10.7. The first-order chi connectivity index (χ1) is 7.83. The van der Waals surface area contributed by atoms with Crippen LogP contribution in [0.4, 0.5) is 5.82 Å². The van der Waals surface area contributed by atoms with E-state index in [2.05, 4.69) is 37.6 Å². The third kappa shape index (κ3) is 2.08. The van der Waals surface area contributed by atoms with Gasteiger partial charge in [0.2, 0.25) is 0 Å². The quantitative estimate of drug-likeness (QED) is 0.690. The maximum atomic E-state index is 4.11. The first-order valence-corrected chi connectivity index (χ1v) is 5.27. The molecule has 0 saturated carbocycles. The zero-order valence-corrected chi connectivity index (χ0v) is 9.46.